The number of rotatable bonds is 7. The molecule has 1 aromatic heterocycles. The Morgan fingerprint density at radius 2 is 2.00 bits per heavy atom. The molecule has 0 aliphatic rings. The Balaban J connectivity index is 2.41. The van der Waals surface area contributed by atoms with Crippen molar-refractivity contribution in [2.24, 2.45) is 0 Å². The normalized spacial score (nSPS) is 10.5. The molecule has 0 N–H and O–H groups in total. The SMILES string of the molecule is CCOc1ccc(-c2cc(C=O)c(=O)n(CCOC)n2)cc1. The van der Waals surface area contributed by atoms with Gasteiger partial charge in [-0.25, -0.2) is 4.68 Å². The fourth-order valence-electron chi connectivity index (χ4n) is 2.01. The quantitative estimate of drug-likeness (QED) is 0.729. The zero-order chi connectivity index (χ0) is 15.9. The van der Waals surface area contributed by atoms with Gasteiger partial charge in [0.15, 0.2) is 6.29 Å². The lowest BCUT2D eigenvalue weighted by molar-refractivity contribution is 0.112. The number of benzene rings is 1. The maximum Gasteiger partial charge on any atom is 0.277 e. The number of carbonyl (C=O) groups is 1. The smallest absolute Gasteiger partial charge is 0.277 e. The number of hydrogen-bond acceptors (Lipinski definition) is 5. The van der Waals surface area contributed by atoms with Gasteiger partial charge in [-0.15, -0.1) is 0 Å². The maximum atomic E-state index is 12.0. The molecule has 0 unspecified atom stereocenters. The molecule has 0 atom stereocenters. The second-order valence-electron chi connectivity index (χ2n) is 4.58. The first-order valence-electron chi connectivity index (χ1n) is 6.99. The van der Waals surface area contributed by atoms with Crippen molar-refractivity contribution in [3.05, 3.63) is 46.2 Å². The Morgan fingerprint density at radius 3 is 2.59 bits per heavy atom. The molecule has 0 bridgehead atoms. The van der Waals surface area contributed by atoms with Crippen molar-refractivity contribution in [3.8, 4) is 17.0 Å². The third kappa shape index (κ3) is 3.59. The lowest BCUT2D eigenvalue weighted by Crippen LogP contribution is -2.28. The van der Waals surface area contributed by atoms with Gasteiger partial charge < -0.3 is 9.47 Å². The number of aldehydes is 1. The molecule has 1 aromatic carbocycles. The summed E-state index contributed by atoms with van der Waals surface area (Å²) < 4.78 is 11.6. The van der Waals surface area contributed by atoms with E-state index in [4.69, 9.17) is 9.47 Å². The van der Waals surface area contributed by atoms with E-state index in [1.807, 2.05) is 31.2 Å². The molecule has 6 nitrogen and oxygen atoms in total. The lowest BCUT2D eigenvalue weighted by Gasteiger charge is -2.09. The summed E-state index contributed by atoms with van der Waals surface area (Å²) in [5.74, 6) is 0.759. The molecular weight excluding hydrogens is 284 g/mol. The van der Waals surface area contributed by atoms with E-state index in [0.717, 1.165) is 11.3 Å². The Kier molecular flexibility index (Phi) is 5.43. The van der Waals surface area contributed by atoms with E-state index in [-0.39, 0.29) is 5.56 Å². The monoisotopic (exact) mass is 302 g/mol. The van der Waals surface area contributed by atoms with Crippen molar-refractivity contribution in [1.82, 2.24) is 9.78 Å². The molecule has 116 valence electrons. The minimum absolute atomic E-state index is 0.0787. The van der Waals surface area contributed by atoms with Gasteiger partial charge in [0.25, 0.3) is 5.56 Å². The second-order valence-corrected chi connectivity index (χ2v) is 4.58. The van der Waals surface area contributed by atoms with Crippen LogP contribution in [0, 0.1) is 0 Å². The number of carbonyl (C=O) groups excluding carboxylic acids is 1. The van der Waals surface area contributed by atoms with Gasteiger partial charge in [0.2, 0.25) is 0 Å². The maximum absolute atomic E-state index is 12.0. The second kappa shape index (κ2) is 7.51. The molecule has 22 heavy (non-hydrogen) atoms. The molecule has 2 aromatic rings. The molecule has 0 fully saturated rings. The average Bonchev–Trinajstić information content (AvgIpc) is 2.55. The van der Waals surface area contributed by atoms with Gasteiger partial charge in [0, 0.05) is 12.7 Å². The van der Waals surface area contributed by atoms with Crippen molar-refractivity contribution in [2.75, 3.05) is 20.3 Å². The average molecular weight is 302 g/mol. The highest BCUT2D eigenvalue weighted by Crippen LogP contribution is 2.20. The number of hydrogen-bond donors (Lipinski definition) is 0. The zero-order valence-electron chi connectivity index (χ0n) is 12.6. The summed E-state index contributed by atoms with van der Waals surface area (Å²) in [6.45, 7) is 3.14. The van der Waals surface area contributed by atoms with E-state index in [1.54, 1.807) is 7.11 Å². The van der Waals surface area contributed by atoms with E-state index in [1.165, 1.54) is 10.7 Å². The van der Waals surface area contributed by atoms with Crippen molar-refractivity contribution in [3.63, 3.8) is 0 Å². The van der Waals surface area contributed by atoms with Crippen LogP contribution in [0.3, 0.4) is 0 Å². The molecule has 0 aliphatic heterocycles. The topological polar surface area (TPSA) is 70.4 Å². The molecular formula is C16H18N2O4. The molecule has 0 saturated heterocycles. The molecule has 0 spiro atoms. The minimum Gasteiger partial charge on any atom is -0.494 e. The first-order chi connectivity index (χ1) is 10.7. The zero-order valence-corrected chi connectivity index (χ0v) is 12.6. The minimum atomic E-state index is -0.415. The van der Waals surface area contributed by atoms with Crippen molar-refractivity contribution >= 4 is 6.29 Å². The Morgan fingerprint density at radius 1 is 1.27 bits per heavy atom. The van der Waals surface area contributed by atoms with Crippen LogP contribution in [0.25, 0.3) is 11.3 Å². The van der Waals surface area contributed by atoms with Crippen LogP contribution in [0.1, 0.15) is 17.3 Å². The lowest BCUT2D eigenvalue weighted by atomic mass is 10.1. The predicted molar refractivity (Wildman–Crippen MR) is 82.4 cm³/mol. The third-order valence-corrected chi connectivity index (χ3v) is 3.10. The number of aromatic nitrogens is 2. The summed E-state index contributed by atoms with van der Waals surface area (Å²) >= 11 is 0. The Labute approximate surface area is 128 Å². The molecule has 6 heteroatoms. The van der Waals surface area contributed by atoms with Crippen LogP contribution < -0.4 is 10.3 Å². The van der Waals surface area contributed by atoms with E-state index in [9.17, 15) is 9.59 Å². The standard InChI is InChI=1S/C16H18N2O4/c1-3-22-14-6-4-12(5-7-14)15-10-13(11-19)16(20)18(17-15)8-9-21-2/h4-7,10-11H,3,8-9H2,1-2H3. The first kappa shape index (κ1) is 15.9. The summed E-state index contributed by atoms with van der Waals surface area (Å²) in [6.07, 6.45) is 0.547. The van der Waals surface area contributed by atoms with Gasteiger partial charge in [0.1, 0.15) is 5.75 Å². The first-order valence-corrected chi connectivity index (χ1v) is 6.99. The van der Waals surface area contributed by atoms with Crippen LogP contribution in [0.15, 0.2) is 35.1 Å². The fourth-order valence-corrected chi connectivity index (χ4v) is 2.01. The summed E-state index contributed by atoms with van der Waals surface area (Å²) in [6, 6.07) is 8.83. The van der Waals surface area contributed by atoms with Crippen molar-refractivity contribution < 1.29 is 14.3 Å². The highest BCUT2D eigenvalue weighted by Gasteiger charge is 2.09. The molecule has 0 amide bonds. The number of methoxy groups -OCH3 is 1. The number of ether oxygens (including phenoxy) is 2. The Bertz CT molecular complexity index is 692. The van der Waals surface area contributed by atoms with Gasteiger partial charge in [-0.2, -0.15) is 5.10 Å². The van der Waals surface area contributed by atoms with Gasteiger partial charge in [-0.05, 0) is 37.3 Å². The molecule has 1 heterocycles. The summed E-state index contributed by atoms with van der Waals surface area (Å²) in [5, 5.41) is 4.29. The summed E-state index contributed by atoms with van der Waals surface area (Å²) in [7, 11) is 1.54. The Hall–Kier alpha value is -2.47. The van der Waals surface area contributed by atoms with Crippen LogP contribution in [-0.4, -0.2) is 36.4 Å². The largest absolute Gasteiger partial charge is 0.494 e. The number of nitrogens with zero attached hydrogens (tertiary/aromatic N) is 2. The van der Waals surface area contributed by atoms with Crippen molar-refractivity contribution in [1.29, 1.82) is 0 Å². The van der Waals surface area contributed by atoms with E-state index >= 15 is 0 Å². The highest BCUT2D eigenvalue weighted by atomic mass is 16.5. The van der Waals surface area contributed by atoms with Gasteiger partial charge in [-0.1, -0.05) is 0 Å². The van der Waals surface area contributed by atoms with Crippen LogP contribution in [-0.2, 0) is 11.3 Å². The van der Waals surface area contributed by atoms with Crippen LogP contribution in [0.4, 0.5) is 0 Å². The van der Waals surface area contributed by atoms with E-state index in [0.29, 0.717) is 31.7 Å². The van der Waals surface area contributed by atoms with Gasteiger partial charge in [0.05, 0.1) is 31.0 Å². The molecule has 2 rings (SSSR count). The van der Waals surface area contributed by atoms with Gasteiger partial charge >= 0.3 is 0 Å². The third-order valence-electron chi connectivity index (χ3n) is 3.10. The highest BCUT2D eigenvalue weighted by molar-refractivity contribution is 5.76. The molecule has 0 aliphatic carbocycles. The van der Waals surface area contributed by atoms with Crippen LogP contribution in [0.2, 0.25) is 0 Å². The predicted octanol–water partition coefficient (Wildman–Crippen LogP) is 1.77. The summed E-state index contributed by atoms with van der Waals surface area (Å²) in [5.41, 5.74) is 1.02. The fraction of sp³-hybridized carbons (Fsp3) is 0.312. The van der Waals surface area contributed by atoms with Crippen LogP contribution in [0.5, 0.6) is 5.75 Å². The van der Waals surface area contributed by atoms with E-state index in [2.05, 4.69) is 5.10 Å². The molecule has 0 saturated carbocycles. The van der Waals surface area contributed by atoms with E-state index < -0.39 is 5.56 Å². The van der Waals surface area contributed by atoms with Gasteiger partial charge in [-0.3, -0.25) is 9.59 Å². The van der Waals surface area contributed by atoms with Crippen LogP contribution >= 0.6 is 0 Å². The molecule has 0 radical (unpaired) electrons. The van der Waals surface area contributed by atoms with Crippen molar-refractivity contribution in [2.45, 2.75) is 13.5 Å². The summed E-state index contributed by atoms with van der Waals surface area (Å²) in [4.78, 5) is 23.1.